The molecule has 3 amide bonds. The molecule has 3 atom stereocenters. The molecular weight excluding hydrogens is 534 g/mol. The lowest BCUT2D eigenvalue weighted by Crippen LogP contribution is -2.41. The maximum atomic E-state index is 13.0. The minimum Gasteiger partial charge on any atom is -0.481 e. The Morgan fingerprint density at radius 3 is 2.55 bits per heavy atom. The fraction of sp³-hybridized carbons (Fsp3) is 0.515. The van der Waals surface area contributed by atoms with Crippen molar-refractivity contribution in [3.8, 4) is 0 Å². The third-order valence-electron chi connectivity index (χ3n) is 7.94. The van der Waals surface area contributed by atoms with E-state index in [1.54, 1.807) is 0 Å². The van der Waals surface area contributed by atoms with Crippen LogP contribution in [-0.2, 0) is 33.6 Å². The van der Waals surface area contributed by atoms with Crippen molar-refractivity contribution in [2.45, 2.75) is 89.8 Å². The number of aliphatic carboxylic acids is 1. The molecule has 9 heteroatoms. The second-order valence-electron chi connectivity index (χ2n) is 12.4. The minimum absolute atomic E-state index is 0.0123. The Hall–Kier alpha value is -3.88. The normalized spacial score (nSPS) is 20.1. The van der Waals surface area contributed by atoms with Gasteiger partial charge in [-0.3, -0.25) is 14.4 Å². The fourth-order valence-electron chi connectivity index (χ4n) is 5.97. The van der Waals surface area contributed by atoms with Crippen molar-refractivity contribution in [2.75, 3.05) is 13.1 Å². The van der Waals surface area contributed by atoms with Crippen molar-refractivity contribution in [1.82, 2.24) is 15.5 Å². The fourth-order valence-corrected chi connectivity index (χ4v) is 5.97. The predicted octanol–water partition coefficient (Wildman–Crippen LogP) is 4.51. The summed E-state index contributed by atoms with van der Waals surface area (Å²) in [5.74, 6) is -1.76. The van der Waals surface area contributed by atoms with Crippen molar-refractivity contribution in [3.63, 3.8) is 0 Å². The highest BCUT2D eigenvalue weighted by atomic mass is 16.6. The van der Waals surface area contributed by atoms with E-state index in [1.807, 2.05) is 62.1 Å². The van der Waals surface area contributed by atoms with Crippen molar-refractivity contribution in [2.24, 2.45) is 5.92 Å². The number of rotatable bonds is 11. The Kier molecular flexibility index (Phi) is 10.2. The number of alkyl carbamates (subject to hydrolysis) is 1. The summed E-state index contributed by atoms with van der Waals surface area (Å²) in [5.41, 5.74) is 3.45. The van der Waals surface area contributed by atoms with Crippen LogP contribution in [0.5, 0.6) is 0 Å². The Labute approximate surface area is 248 Å². The molecule has 0 saturated carbocycles. The smallest absolute Gasteiger partial charge is 0.407 e. The lowest BCUT2D eigenvalue weighted by atomic mass is 9.87. The van der Waals surface area contributed by atoms with E-state index >= 15 is 0 Å². The zero-order chi connectivity index (χ0) is 30.3. The number of carbonyl (C=O) groups excluding carboxylic acids is 3. The third kappa shape index (κ3) is 8.81. The Balaban J connectivity index is 1.28. The highest BCUT2D eigenvalue weighted by Crippen LogP contribution is 2.30. The maximum absolute atomic E-state index is 13.0. The summed E-state index contributed by atoms with van der Waals surface area (Å²) in [6.45, 7) is 6.47. The molecule has 1 heterocycles. The molecule has 2 aromatic carbocycles. The predicted molar refractivity (Wildman–Crippen MR) is 159 cm³/mol. The first-order valence-electron chi connectivity index (χ1n) is 14.9. The van der Waals surface area contributed by atoms with E-state index in [2.05, 4.69) is 22.8 Å². The summed E-state index contributed by atoms with van der Waals surface area (Å²) in [5, 5.41) is 15.2. The number of ether oxygens (including phenoxy) is 1. The zero-order valence-electron chi connectivity index (χ0n) is 24.9. The molecule has 1 fully saturated rings. The molecule has 1 aliphatic carbocycles. The van der Waals surface area contributed by atoms with E-state index in [0.717, 1.165) is 36.8 Å². The molecule has 1 saturated heterocycles. The third-order valence-corrected chi connectivity index (χ3v) is 7.94. The molecule has 42 heavy (non-hydrogen) atoms. The number of hydrogen-bond donors (Lipinski definition) is 3. The zero-order valence-corrected chi connectivity index (χ0v) is 24.9. The van der Waals surface area contributed by atoms with Gasteiger partial charge in [-0.2, -0.15) is 0 Å². The van der Waals surface area contributed by atoms with Gasteiger partial charge >= 0.3 is 12.1 Å². The van der Waals surface area contributed by atoms with Gasteiger partial charge in [0, 0.05) is 30.7 Å². The topological polar surface area (TPSA) is 125 Å². The number of carbonyl (C=O) groups is 4. The lowest BCUT2D eigenvalue weighted by Gasteiger charge is -2.27. The average molecular weight is 578 g/mol. The van der Waals surface area contributed by atoms with Crippen molar-refractivity contribution in [3.05, 3.63) is 70.8 Å². The second kappa shape index (κ2) is 13.9. The summed E-state index contributed by atoms with van der Waals surface area (Å²) in [4.78, 5) is 51.3. The van der Waals surface area contributed by atoms with E-state index in [0.29, 0.717) is 37.9 Å². The molecule has 4 rings (SSSR count). The van der Waals surface area contributed by atoms with Gasteiger partial charge in [-0.1, -0.05) is 36.4 Å². The number of carboxylic acid groups (broad SMARTS) is 1. The van der Waals surface area contributed by atoms with E-state index in [9.17, 15) is 24.3 Å². The monoisotopic (exact) mass is 577 g/mol. The van der Waals surface area contributed by atoms with Crippen LogP contribution in [0.1, 0.15) is 79.9 Å². The molecule has 2 aliphatic rings. The van der Waals surface area contributed by atoms with Gasteiger partial charge in [0.15, 0.2) is 0 Å². The van der Waals surface area contributed by atoms with Crippen molar-refractivity contribution < 1.29 is 29.0 Å². The van der Waals surface area contributed by atoms with Crippen LogP contribution in [0.2, 0.25) is 0 Å². The number of hydrogen-bond acceptors (Lipinski definition) is 5. The van der Waals surface area contributed by atoms with Gasteiger partial charge in [-0.05, 0) is 94.5 Å². The van der Waals surface area contributed by atoms with E-state index in [-0.39, 0.29) is 30.3 Å². The molecule has 2 aromatic rings. The molecule has 1 unspecified atom stereocenters. The Bertz CT molecular complexity index is 1270. The molecule has 9 nitrogen and oxygen atoms in total. The molecule has 0 bridgehead atoms. The van der Waals surface area contributed by atoms with Crippen molar-refractivity contribution in [1.29, 1.82) is 0 Å². The number of aryl methyl sites for hydroxylation is 2. The van der Waals surface area contributed by atoms with Gasteiger partial charge < -0.3 is 25.4 Å². The van der Waals surface area contributed by atoms with Gasteiger partial charge in [-0.25, -0.2) is 4.79 Å². The van der Waals surface area contributed by atoms with Crippen LogP contribution in [-0.4, -0.2) is 64.7 Å². The van der Waals surface area contributed by atoms with Crippen LogP contribution < -0.4 is 10.6 Å². The number of carboxylic acids is 1. The molecule has 0 aromatic heterocycles. The molecular formula is C33H43N3O6. The number of nitrogens with zero attached hydrogens (tertiary/aromatic N) is 1. The summed E-state index contributed by atoms with van der Waals surface area (Å²) in [7, 11) is 0. The van der Waals surface area contributed by atoms with Gasteiger partial charge in [-0.15, -0.1) is 0 Å². The second-order valence-corrected chi connectivity index (χ2v) is 12.4. The first-order valence-corrected chi connectivity index (χ1v) is 14.9. The average Bonchev–Trinajstić information content (AvgIpc) is 3.21. The summed E-state index contributed by atoms with van der Waals surface area (Å²) < 4.78 is 5.38. The van der Waals surface area contributed by atoms with Crippen LogP contribution >= 0.6 is 0 Å². The van der Waals surface area contributed by atoms with Crippen LogP contribution in [0.25, 0.3) is 0 Å². The maximum Gasteiger partial charge on any atom is 0.407 e. The van der Waals surface area contributed by atoms with E-state index < -0.39 is 23.6 Å². The van der Waals surface area contributed by atoms with Crippen molar-refractivity contribution >= 4 is 23.9 Å². The number of likely N-dealkylation sites (tertiary alicyclic amines) is 1. The number of fused-ring (bicyclic) bond motifs is 1. The first-order chi connectivity index (χ1) is 20.0. The van der Waals surface area contributed by atoms with Crippen LogP contribution in [0, 0.1) is 5.92 Å². The minimum atomic E-state index is -0.967. The highest BCUT2D eigenvalue weighted by molar-refractivity contribution is 5.94. The van der Waals surface area contributed by atoms with Gasteiger partial charge in [0.25, 0.3) is 5.91 Å². The largest absolute Gasteiger partial charge is 0.481 e. The van der Waals surface area contributed by atoms with Gasteiger partial charge in [0.1, 0.15) is 5.60 Å². The standard InChI is InChI=1S/C33H43N3O6/c1-33(2,3)42-32(41)35-27-14-13-23-18-25(12-11-24(23)19-27)30(39)34-16-15-28-20-26(21-29(37)38)31(40)36(28)17-7-10-22-8-5-4-6-9-22/h4-6,8-9,11-12,18,26-28H,7,10,13-17,19-21H2,1-3H3,(H,34,39)(H,35,41)(H,37,38)/t26-,27?,28+/m0/s1. The number of amides is 3. The van der Waals surface area contributed by atoms with Crippen LogP contribution in [0.3, 0.4) is 0 Å². The van der Waals surface area contributed by atoms with Gasteiger partial charge in [0.2, 0.25) is 5.91 Å². The van der Waals surface area contributed by atoms with Crippen LogP contribution in [0.4, 0.5) is 4.79 Å². The quantitative estimate of drug-likeness (QED) is 0.361. The Morgan fingerprint density at radius 2 is 1.83 bits per heavy atom. The van der Waals surface area contributed by atoms with E-state index in [4.69, 9.17) is 4.74 Å². The molecule has 3 N–H and O–H groups in total. The number of nitrogens with one attached hydrogen (secondary N) is 2. The molecule has 1 aliphatic heterocycles. The highest BCUT2D eigenvalue weighted by Gasteiger charge is 2.39. The lowest BCUT2D eigenvalue weighted by molar-refractivity contribution is -0.142. The van der Waals surface area contributed by atoms with E-state index in [1.165, 1.54) is 5.56 Å². The summed E-state index contributed by atoms with van der Waals surface area (Å²) >= 11 is 0. The summed E-state index contributed by atoms with van der Waals surface area (Å²) in [6, 6.07) is 15.7. The summed E-state index contributed by atoms with van der Waals surface area (Å²) in [6.07, 6.45) is 4.32. The molecule has 226 valence electrons. The number of benzene rings is 2. The van der Waals surface area contributed by atoms with Gasteiger partial charge in [0.05, 0.1) is 12.3 Å². The first kappa shape index (κ1) is 31.1. The Morgan fingerprint density at radius 1 is 1.07 bits per heavy atom. The van der Waals surface area contributed by atoms with Crippen LogP contribution in [0.15, 0.2) is 48.5 Å². The molecule has 0 radical (unpaired) electrons. The molecule has 0 spiro atoms. The SMILES string of the molecule is CC(C)(C)OC(=O)NC1CCc2cc(C(=O)NCC[C@@H]3C[C@@H](CC(=O)O)C(=O)N3CCCc3ccccc3)ccc2C1.